The van der Waals surface area contributed by atoms with E-state index in [0.717, 1.165) is 57.9 Å². The second kappa shape index (κ2) is 12.4. The van der Waals surface area contributed by atoms with E-state index in [2.05, 4.69) is 31.9 Å². The van der Waals surface area contributed by atoms with Crippen molar-refractivity contribution in [3.63, 3.8) is 0 Å². The van der Waals surface area contributed by atoms with E-state index < -0.39 is 0 Å². The minimum atomic E-state index is -0.256. The molecule has 0 saturated carbocycles. The summed E-state index contributed by atoms with van der Waals surface area (Å²) in [5.74, 6) is 0.278. The van der Waals surface area contributed by atoms with E-state index >= 15 is 0 Å². The maximum Gasteiger partial charge on any atom is 0.115 e. The predicted octanol–water partition coefficient (Wildman–Crippen LogP) is -2.53. The normalized spacial score (nSPS) is 28.0. The average Bonchev–Trinajstić information content (AvgIpc) is 2.75. The Morgan fingerprint density at radius 1 is 0.828 bits per heavy atom. The first kappa shape index (κ1) is 24.0. The van der Waals surface area contributed by atoms with Crippen molar-refractivity contribution in [1.29, 1.82) is 0 Å². The molecule has 1 aromatic rings. The van der Waals surface area contributed by atoms with Gasteiger partial charge in [0.05, 0.1) is 11.1 Å². The Hall–Kier alpha value is -1.30. The third kappa shape index (κ3) is 7.80. The number of phenols is 1. The number of benzene rings is 1. The summed E-state index contributed by atoms with van der Waals surface area (Å²) < 4.78 is 0. The summed E-state index contributed by atoms with van der Waals surface area (Å²) >= 11 is 0. The summed E-state index contributed by atoms with van der Waals surface area (Å²) in [7, 11) is 1.96. The van der Waals surface area contributed by atoms with Gasteiger partial charge in [-0.3, -0.25) is 0 Å². The number of phenolic OH excluding ortho intramolecular Hbond substituents is 1. The summed E-state index contributed by atoms with van der Waals surface area (Å²) in [6.07, 6.45) is 0. The molecule has 0 aromatic heterocycles. The van der Waals surface area contributed by atoms with E-state index in [0.29, 0.717) is 19.6 Å². The Labute approximate surface area is 174 Å². The van der Waals surface area contributed by atoms with Crippen molar-refractivity contribution in [2.75, 3.05) is 72.5 Å². The summed E-state index contributed by atoms with van der Waals surface area (Å²) in [6.45, 7) is 8.33. The van der Waals surface area contributed by atoms with Gasteiger partial charge in [0.15, 0.2) is 0 Å². The van der Waals surface area contributed by atoms with Crippen LogP contribution in [-0.2, 0) is 6.54 Å². The molecule has 2 rings (SSSR count). The largest absolute Gasteiger partial charge is 0.508 e. The Balaban J connectivity index is 1.94. The Morgan fingerprint density at radius 3 is 1.69 bits per heavy atom. The molecule has 9 nitrogen and oxygen atoms in total. The van der Waals surface area contributed by atoms with Gasteiger partial charge in [0.25, 0.3) is 0 Å². The zero-order chi connectivity index (χ0) is 21.0. The minimum absolute atomic E-state index is 0.142. The van der Waals surface area contributed by atoms with Crippen LogP contribution in [0.2, 0.25) is 0 Å². The number of rotatable bonds is 6. The molecule has 0 unspecified atom stereocenters. The van der Waals surface area contributed by atoms with Crippen LogP contribution in [0.15, 0.2) is 24.3 Å². The topological polar surface area (TPSA) is 144 Å². The van der Waals surface area contributed by atoms with Gasteiger partial charge in [-0.2, -0.15) is 0 Å². The summed E-state index contributed by atoms with van der Waals surface area (Å²) in [6, 6.07) is 7.27. The SMILES string of the molecule is CNC1(CN)CNCCNCC(CN)(NCc2ccc(O)cc2)CNCCNC1. The molecule has 166 valence electrons. The van der Waals surface area contributed by atoms with Crippen molar-refractivity contribution in [2.24, 2.45) is 11.5 Å². The quantitative estimate of drug-likeness (QED) is 0.249. The van der Waals surface area contributed by atoms with Gasteiger partial charge in [0.1, 0.15) is 5.75 Å². The lowest BCUT2D eigenvalue weighted by molar-refractivity contribution is 0.286. The van der Waals surface area contributed by atoms with Gasteiger partial charge in [0, 0.05) is 72.0 Å². The highest BCUT2D eigenvalue weighted by molar-refractivity contribution is 5.26. The molecule has 0 radical (unpaired) electrons. The molecule has 29 heavy (non-hydrogen) atoms. The maximum atomic E-state index is 9.47. The lowest BCUT2D eigenvalue weighted by Gasteiger charge is -2.36. The van der Waals surface area contributed by atoms with Crippen LogP contribution < -0.4 is 43.4 Å². The van der Waals surface area contributed by atoms with E-state index in [9.17, 15) is 5.11 Å². The number of hydrogen-bond acceptors (Lipinski definition) is 9. The van der Waals surface area contributed by atoms with Crippen LogP contribution >= 0.6 is 0 Å². The number of hydrogen-bond donors (Lipinski definition) is 9. The Bertz CT molecular complexity index is 546. The molecule has 0 spiro atoms. The molecule has 1 aliphatic rings. The highest BCUT2D eigenvalue weighted by Crippen LogP contribution is 2.11. The number of aromatic hydroxyl groups is 1. The van der Waals surface area contributed by atoms with Crippen LogP contribution in [0.5, 0.6) is 5.75 Å². The molecule has 9 heteroatoms. The predicted molar refractivity (Wildman–Crippen MR) is 119 cm³/mol. The second-order valence-electron chi connectivity index (χ2n) is 7.95. The molecule has 11 N–H and O–H groups in total. The molecular formula is C20H40N8O. The third-order valence-corrected chi connectivity index (χ3v) is 5.73. The third-order valence-electron chi connectivity index (χ3n) is 5.73. The first-order chi connectivity index (χ1) is 14.1. The van der Waals surface area contributed by atoms with Crippen molar-refractivity contribution in [3.05, 3.63) is 29.8 Å². The molecule has 1 fully saturated rings. The summed E-state index contributed by atoms with van der Waals surface area (Å²) in [4.78, 5) is 0. The van der Waals surface area contributed by atoms with Crippen molar-refractivity contribution < 1.29 is 5.11 Å². The molecule has 0 bridgehead atoms. The minimum Gasteiger partial charge on any atom is -0.508 e. The second-order valence-corrected chi connectivity index (χ2v) is 7.95. The fraction of sp³-hybridized carbons (Fsp3) is 0.700. The van der Waals surface area contributed by atoms with Crippen molar-refractivity contribution in [3.8, 4) is 5.75 Å². The fourth-order valence-electron chi connectivity index (χ4n) is 3.46. The Morgan fingerprint density at radius 2 is 1.28 bits per heavy atom. The first-order valence-electron chi connectivity index (χ1n) is 10.5. The lowest BCUT2D eigenvalue weighted by Crippen LogP contribution is -2.64. The molecule has 1 aromatic carbocycles. The molecular weight excluding hydrogens is 368 g/mol. The lowest BCUT2D eigenvalue weighted by atomic mass is 9.98. The van der Waals surface area contributed by atoms with Crippen LogP contribution in [-0.4, -0.2) is 88.7 Å². The van der Waals surface area contributed by atoms with Crippen LogP contribution in [0.4, 0.5) is 0 Å². The monoisotopic (exact) mass is 408 g/mol. The summed E-state index contributed by atoms with van der Waals surface area (Å²) in [5.41, 5.74) is 12.9. The van der Waals surface area contributed by atoms with Crippen LogP contribution in [0.3, 0.4) is 0 Å². The molecule has 1 saturated heterocycles. The Kier molecular flexibility index (Phi) is 10.3. The van der Waals surface area contributed by atoms with E-state index in [4.69, 9.17) is 11.5 Å². The van der Waals surface area contributed by atoms with Crippen LogP contribution in [0.1, 0.15) is 5.56 Å². The van der Waals surface area contributed by atoms with Crippen molar-refractivity contribution in [2.45, 2.75) is 17.6 Å². The van der Waals surface area contributed by atoms with E-state index in [1.165, 1.54) is 0 Å². The van der Waals surface area contributed by atoms with Gasteiger partial charge in [-0.15, -0.1) is 0 Å². The van der Waals surface area contributed by atoms with E-state index in [-0.39, 0.29) is 16.8 Å². The molecule has 1 heterocycles. The van der Waals surface area contributed by atoms with E-state index in [1.807, 2.05) is 19.2 Å². The molecule has 0 atom stereocenters. The standard InChI is InChI=1S/C20H40N8O/c1-23-19(11-21)13-24-6-8-26-15-20(12-22,16-27-9-7-25-14-19)28-10-17-2-4-18(29)5-3-17/h2-5,23-29H,6-16,21-22H2,1H3. The smallest absolute Gasteiger partial charge is 0.115 e. The van der Waals surface area contributed by atoms with Crippen molar-refractivity contribution in [1.82, 2.24) is 31.9 Å². The zero-order valence-corrected chi connectivity index (χ0v) is 17.7. The first-order valence-corrected chi connectivity index (χ1v) is 10.5. The highest BCUT2D eigenvalue weighted by Gasteiger charge is 2.28. The van der Waals surface area contributed by atoms with Gasteiger partial charge in [0.2, 0.25) is 0 Å². The van der Waals surface area contributed by atoms with Crippen LogP contribution in [0, 0.1) is 0 Å². The van der Waals surface area contributed by atoms with Gasteiger partial charge in [-0.05, 0) is 24.7 Å². The van der Waals surface area contributed by atoms with Crippen molar-refractivity contribution >= 4 is 0 Å². The highest BCUT2D eigenvalue weighted by atomic mass is 16.3. The summed E-state index contributed by atoms with van der Waals surface area (Å²) in [5, 5.41) is 30.6. The zero-order valence-electron chi connectivity index (χ0n) is 17.7. The van der Waals surface area contributed by atoms with Crippen LogP contribution in [0.25, 0.3) is 0 Å². The van der Waals surface area contributed by atoms with Gasteiger partial charge >= 0.3 is 0 Å². The number of nitrogens with one attached hydrogen (secondary N) is 6. The number of nitrogens with two attached hydrogens (primary N) is 2. The molecule has 0 amide bonds. The van der Waals surface area contributed by atoms with Gasteiger partial charge in [-0.25, -0.2) is 0 Å². The molecule has 0 aliphatic carbocycles. The average molecular weight is 409 g/mol. The fourth-order valence-corrected chi connectivity index (χ4v) is 3.46. The van der Waals surface area contributed by atoms with E-state index in [1.54, 1.807) is 12.1 Å². The number of likely N-dealkylation sites (N-methyl/N-ethyl adjacent to an activating group) is 1. The maximum absolute atomic E-state index is 9.47. The van der Waals surface area contributed by atoms with Gasteiger partial charge in [-0.1, -0.05) is 12.1 Å². The molecule has 1 aliphatic heterocycles. The van der Waals surface area contributed by atoms with Gasteiger partial charge < -0.3 is 48.5 Å².